The number of nitrogens with zero attached hydrogens (tertiary/aromatic N) is 1. The molecule has 1 rings (SSSR count). The van der Waals surface area contributed by atoms with Crippen LogP contribution in [0.1, 0.15) is 6.92 Å². The lowest BCUT2D eigenvalue weighted by Gasteiger charge is -2.03. The van der Waals surface area contributed by atoms with E-state index in [4.69, 9.17) is 5.73 Å². The lowest BCUT2D eigenvalue weighted by molar-refractivity contribution is -0.384. The number of rotatable bonds is 3. The Morgan fingerprint density at radius 3 is 2.79 bits per heavy atom. The van der Waals surface area contributed by atoms with Crippen LogP contribution in [0.4, 0.5) is 15.8 Å². The predicted molar refractivity (Wildman–Crippen MR) is 53.9 cm³/mol. The number of nitro benzene ring substituents is 1. The molecule has 0 aliphatic heterocycles. The molecular weight excluding hydrogens is 207 g/mol. The number of hydrogen-bond donors (Lipinski definition) is 1. The van der Waals surface area contributed by atoms with Gasteiger partial charge in [0.2, 0.25) is 0 Å². The number of nitrogens with two attached hydrogens (primary N) is 1. The molecule has 0 aromatic heterocycles. The molecule has 0 saturated carbocycles. The Kier molecular flexibility index (Phi) is 3.29. The van der Waals surface area contributed by atoms with Crippen molar-refractivity contribution in [1.29, 1.82) is 0 Å². The molecule has 0 heterocycles. The Balaban J connectivity index is 3.19. The van der Waals surface area contributed by atoms with Crippen LogP contribution in [-0.2, 0) is 0 Å². The molecule has 0 bridgehead atoms. The average Bonchev–Trinajstić information content (AvgIpc) is 2.13. The molecule has 0 amide bonds. The Morgan fingerprint density at radius 2 is 2.29 bits per heavy atom. The zero-order valence-corrected chi connectivity index (χ0v) is 8.31. The van der Waals surface area contributed by atoms with Gasteiger partial charge in [0.25, 0.3) is 5.69 Å². The van der Waals surface area contributed by atoms with Gasteiger partial charge in [0.15, 0.2) is 5.82 Å². The van der Waals surface area contributed by atoms with E-state index in [9.17, 15) is 14.5 Å². The smallest absolute Gasteiger partial charge is 0.295 e. The molecule has 4 nitrogen and oxygen atoms in total. The molecule has 0 radical (unpaired) electrons. The van der Waals surface area contributed by atoms with Gasteiger partial charge in [0.05, 0.1) is 4.92 Å². The molecule has 0 atom stereocenters. The van der Waals surface area contributed by atoms with Crippen molar-refractivity contribution in [3.8, 4) is 0 Å². The number of nitrogen functional groups attached to an aromatic ring is 1. The Morgan fingerprint density at radius 1 is 1.64 bits per heavy atom. The zero-order valence-electron chi connectivity index (χ0n) is 7.49. The van der Waals surface area contributed by atoms with Crippen molar-refractivity contribution in [2.45, 2.75) is 11.8 Å². The molecule has 0 unspecified atom stereocenters. The number of anilines is 1. The molecule has 14 heavy (non-hydrogen) atoms. The summed E-state index contributed by atoms with van der Waals surface area (Å²) in [4.78, 5) is 10.0. The second-order valence-electron chi connectivity index (χ2n) is 2.50. The summed E-state index contributed by atoms with van der Waals surface area (Å²) < 4.78 is 13.4. The van der Waals surface area contributed by atoms with E-state index in [1.807, 2.05) is 6.92 Å². The first-order valence-corrected chi connectivity index (χ1v) is 4.91. The van der Waals surface area contributed by atoms with Crippen molar-refractivity contribution < 1.29 is 9.31 Å². The standard InChI is InChI=1S/C8H9FN2O2S/c1-2-14-6-4-3-5(11(12)13)8(10)7(6)9/h3-4H,2,10H2,1H3. The van der Waals surface area contributed by atoms with E-state index in [-0.39, 0.29) is 5.69 Å². The maximum absolute atomic E-state index is 13.4. The van der Waals surface area contributed by atoms with Gasteiger partial charge >= 0.3 is 0 Å². The number of thioether (sulfide) groups is 1. The molecule has 2 N–H and O–H groups in total. The van der Waals surface area contributed by atoms with E-state index in [1.165, 1.54) is 23.9 Å². The van der Waals surface area contributed by atoms with Crippen molar-refractivity contribution in [2.75, 3.05) is 11.5 Å². The third-order valence-electron chi connectivity index (χ3n) is 1.62. The fourth-order valence-corrected chi connectivity index (χ4v) is 1.70. The van der Waals surface area contributed by atoms with E-state index >= 15 is 0 Å². The summed E-state index contributed by atoms with van der Waals surface area (Å²) in [6.07, 6.45) is 0. The Labute approximate surface area is 84.4 Å². The number of halogens is 1. The maximum atomic E-state index is 13.4. The summed E-state index contributed by atoms with van der Waals surface area (Å²) >= 11 is 1.26. The van der Waals surface area contributed by atoms with Crippen LogP contribution in [0.25, 0.3) is 0 Å². The minimum Gasteiger partial charge on any atom is -0.391 e. The highest BCUT2D eigenvalue weighted by Gasteiger charge is 2.18. The minimum atomic E-state index is -0.703. The summed E-state index contributed by atoms with van der Waals surface area (Å²) in [6.45, 7) is 1.86. The van der Waals surface area contributed by atoms with Crippen LogP contribution in [0.5, 0.6) is 0 Å². The first-order chi connectivity index (χ1) is 6.57. The lowest BCUT2D eigenvalue weighted by Crippen LogP contribution is -1.99. The molecule has 0 aliphatic rings. The Hall–Kier alpha value is -1.30. The van der Waals surface area contributed by atoms with Gasteiger partial charge in [-0.15, -0.1) is 11.8 Å². The van der Waals surface area contributed by atoms with Gasteiger partial charge in [0.1, 0.15) is 5.69 Å². The van der Waals surface area contributed by atoms with Crippen molar-refractivity contribution in [2.24, 2.45) is 0 Å². The predicted octanol–water partition coefficient (Wildman–Crippen LogP) is 2.43. The molecular formula is C8H9FN2O2S. The zero-order chi connectivity index (χ0) is 10.7. The first kappa shape index (κ1) is 10.8. The molecule has 6 heteroatoms. The summed E-state index contributed by atoms with van der Waals surface area (Å²) in [6, 6.07) is 2.59. The first-order valence-electron chi connectivity index (χ1n) is 3.93. The van der Waals surface area contributed by atoms with Crippen LogP contribution in [0, 0.1) is 15.9 Å². The number of nitro groups is 1. The molecule has 0 aliphatic carbocycles. The van der Waals surface area contributed by atoms with Crippen molar-refractivity contribution >= 4 is 23.1 Å². The molecule has 1 aromatic carbocycles. The monoisotopic (exact) mass is 216 g/mol. The fourth-order valence-electron chi connectivity index (χ4n) is 0.989. The molecule has 1 aromatic rings. The molecule has 0 spiro atoms. The quantitative estimate of drug-likeness (QED) is 0.364. The average molecular weight is 216 g/mol. The van der Waals surface area contributed by atoms with Gasteiger partial charge in [-0.25, -0.2) is 4.39 Å². The van der Waals surface area contributed by atoms with Crippen LogP contribution >= 0.6 is 11.8 Å². The summed E-state index contributed by atoms with van der Waals surface area (Å²) in [5.41, 5.74) is 4.50. The van der Waals surface area contributed by atoms with E-state index in [0.717, 1.165) is 0 Å². The minimum absolute atomic E-state index is 0.343. The van der Waals surface area contributed by atoms with Gasteiger partial charge in [-0.1, -0.05) is 6.92 Å². The largest absolute Gasteiger partial charge is 0.391 e. The van der Waals surface area contributed by atoms with E-state index in [0.29, 0.717) is 10.6 Å². The summed E-state index contributed by atoms with van der Waals surface area (Å²) in [7, 11) is 0. The van der Waals surface area contributed by atoms with Crippen molar-refractivity contribution in [1.82, 2.24) is 0 Å². The van der Waals surface area contributed by atoms with Crippen LogP contribution in [0.2, 0.25) is 0 Å². The van der Waals surface area contributed by atoms with Gasteiger partial charge in [-0.3, -0.25) is 10.1 Å². The van der Waals surface area contributed by atoms with Gasteiger partial charge in [0, 0.05) is 11.0 Å². The second-order valence-corrected chi connectivity index (χ2v) is 3.81. The van der Waals surface area contributed by atoms with Gasteiger partial charge < -0.3 is 5.73 Å². The van der Waals surface area contributed by atoms with Crippen LogP contribution in [0.3, 0.4) is 0 Å². The third-order valence-corrected chi connectivity index (χ3v) is 2.53. The van der Waals surface area contributed by atoms with E-state index in [2.05, 4.69) is 0 Å². The Bertz CT molecular complexity index is 371. The lowest BCUT2D eigenvalue weighted by atomic mass is 10.2. The van der Waals surface area contributed by atoms with E-state index < -0.39 is 16.4 Å². The highest BCUT2D eigenvalue weighted by atomic mass is 32.2. The number of hydrogen-bond acceptors (Lipinski definition) is 4. The molecule has 0 fully saturated rings. The van der Waals surface area contributed by atoms with E-state index in [1.54, 1.807) is 0 Å². The highest BCUT2D eigenvalue weighted by Crippen LogP contribution is 2.31. The third kappa shape index (κ3) is 1.95. The summed E-state index contributed by atoms with van der Waals surface area (Å²) in [5, 5.41) is 10.4. The SMILES string of the molecule is CCSc1ccc([N+](=O)[O-])c(N)c1F. The van der Waals surface area contributed by atoms with Crippen molar-refractivity contribution in [3.05, 3.63) is 28.1 Å². The maximum Gasteiger partial charge on any atom is 0.295 e. The fraction of sp³-hybridized carbons (Fsp3) is 0.250. The highest BCUT2D eigenvalue weighted by molar-refractivity contribution is 7.99. The van der Waals surface area contributed by atoms with Crippen LogP contribution in [-0.4, -0.2) is 10.7 Å². The molecule has 76 valence electrons. The topological polar surface area (TPSA) is 69.2 Å². The normalized spacial score (nSPS) is 10.1. The number of benzene rings is 1. The van der Waals surface area contributed by atoms with Gasteiger partial charge in [-0.2, -0.15) is 0 Å². The van der Waals surface area contributed by atoms with Crippen LogP contribution < -0.4 is 5.73 Å². The molecule has 0 saturated heterocycles. The van der Waals surface area contributed by atoms with Crippen molar-refractivity contribution in [3.63, 3.8) is 0 Å². The van der Waals surface area contributed by atoms with Gasteiger partial charge in [-0.05, 0) is 11.8 Å². The van der Waals surface area contributed by atoms with Crippen LogP contribution in [0.15, 0.2) is 17.0 Å². The second kappa shape index (κ2) is 4.28. The summed E-state index contributed by atoms with van der Waals surface area (Å²) in [5.74, 6) is -0.0141.